The largest absolute Gasteiger partial charge is 2.00 e. The molecule has 12 heteroatoms. The van der Waals surface area contributed by atoms with Crippen molar-refractivity contribution in [3.05, 3.63) is 0 Å². The molecule has 0 bridgehead atoms. The first-order chi connectivity index (χ1) is 4.00. The number of rotatable bonds is 0. The zero-order chi connectivity index (χ0) is 9.00. The molecule has 0 saturated heterocycles. The first-order valence-corrected chi connectivity index (χ1v) is 4.05. The van der Waals surface area contributed by atoms with Gasteiger partial charge in [0.1, 0.15) is 0 Å². The second-order valence-electron chi connectivity index (χ2n) is 0.836. The molecule has 0 unspecified atom stereocenters. The molecule has 0 aliphatic carbocycles. The number of quaternary nitrogens is 1. The minimum atomic E-state index is -5.17. The van der Waals surface area contributed by atoms with E-state index >= 15 is 0 Å². The SMILES string of the molecule is O=S(=O)([O-])O.O=S(=O)([O-])[O-].[Cd+2].[NH4+]. The maximum atomic E-state index is 8.63. The molecule has 0 fully saturated rings. The summed E-state index contributed by atoms with van der Waals surface area (Å²) in [5.41, 5.74) is 0. The molecular weight excluding hydrogens is 319 g/mol. The Morgan fingerprint density at radius 3 is 0.917 bits per heavy atom. The first-order valence-electron chi connectivity index (χ1n) is 1.35. The van der Waals surface area contributed by atoms with E-state index in [1.165, 1.54) is 0 Å². The molecule has 0 amide bonds. The zero-order valence-electron chi connectivity index (χ0n) is 5.83. The summed E-state index contributed by atoms with van der Waals surface area (Å²) in [4.78, 5) is 0. The molecule has 0 heterocycles. The van der Waals surface area contributed by atoms with Crippen molar-refractivity contribution in [1.29, 1.82) is 0 Å². The topological polar surface area (TPSA) is 194 Å². The van der Waals surface area contributed by atoms with Crippen LogP contribution in [0.4, 0.5) is 0 Å². The number of hydrogen-bond acceptors (Lipinski definition) is 7. The fraction of sp³-hybridized carbons (Fsp3) is 0. The van der Waals surface area contributed by atoms with Gasteiger partial charge in [-0.05, 0) is 0 Å². The summed E-state index contributed by atoms with van der Waals surface area (Å²) in [5, 5.41) is 0. The standard InChI is InChI=1S/Cd.H3N.2H2O4S/c;;2*1-5(2,3)4/h;1H3;2*(H2,1,2,3,4)/q+2;;;/p-2. The van der Waals surface area contributed by atoms with E-state index in [2.05, 4.69) is 0 Å². The summed E-state index contributed by atoms with van der Waals surface area (Å²) in [6.45, 7) is 0. The van der Waals surface area contributed by atoms with Crippen LogP contribution in [-0.2, 0) is 48.1 Å². The molecule has 0 rings (SSSR count). The molecule has 0 spiro atoms. The third-order valence-electron chi connectivity index (χ3n) is 0. The Balaban J connectivity index is -0.0000000457. The van der Waals surface area contributed by atoms with Crippen molar-refractivity contribution < 1.29 is 62.3 Å². The average Bonchev–Trinajstić information content (AvgIpc) is 1.12. The molecule has 0 aliphatic rings. The van der Waals surface area contributed by atoms with Crippen molar-refractivity contribution in [3.63, 3.8) is 0 Å². The van der Waals surface area contributed by atoms with Crippen molar-refractivity contribution >= 4 is 20.8 Å². The van der Waals surface area contributed by atoms with Crippen LogP contribution in [0.15, 0.2) is 0 Å². The molecule has 0 saturated carbocycles. The molecule has 9 nitrogen and oxygen atoms in total. The van der Waals surface area contributed by atoms with Gasteiger partial charge in [0.25, 0.3) is 0 Å². The Hall–Kier alpha value is 0.622. The van der Waals surface area contributed by atoms with Crippen LogP contribution in [0.25, 0.3) is 0 Å². The summed E-state index contributed by atoms with van der Waals surface area (Å²) >= 11 is 0. The van der Waals surface area contributed by atoms with Gasteiger partial charge < -0.3 is 19.8 Å². The van der Waals surface area contributed by atoms with E-state index in [4.69, 9.17) is 35.0 Å². The predicted molar refractivity (Wildman–Crippen MR) is 28.8 cm³/mol. The van der Waals surface area contributed by atoms with Gasteiger partial charge in [0, 0.05) is 10.4 Å². The minimum absolute atomic E-state index is 0. The van der Waals surface area contributed by atoms with E-state index in [1.54, 1.807) is 0 Å². The Morgan fingerprint density at radius 2 is 0.917 bits per heavy atom. The third kappa shape index (κ3) is 2540. The van der Waals surface area contributed by atoms with Crippen molar-refractivity contribution in [2.24, 2.45) is 0 Å². The second-order valence-corrected chi connectivity index (χ2v) is 2.51. The molecule has 0 aromatic rings. The maximum absolute atomic E-state index is 8.63. The van der Waals surface area contributed by atoms with Gasteiger partial charge >= 0.3 is 27.3 Å². The van der Waals surface area contributed by atoms with Crippen LogP contribution in [0.1, 0.15) is 0 Å². The predicted octanol–water partition coefficient (Wildman–Crippen LogP) is -1.96. The minimum Gasteiger partial charge on any atom is -0.759 e. The molecular formula is H5CdNO8S2. The Morgan fingerprint density at radius 1 is 0.917 bits per heavy atom. The van der Waals surface area contributed by atoms with Gasteiger partial charge in [-0.15, -0.1) is 0 Å². The Bertz CT molecular complexity index is 213. The van der Waals surface area contributed by atoms with E-state index in [9.17, 15) is 0 Å². The molecule has 0 aromatic heterocycles. The summed E-state index contributed by atoms with van der Waals surface area (Å²) in [5.74, 6) is 0. The monoisotopic (exact) mass is 325 g/mol. The molecule has 0 atom stereocenters. The van der Waals surface area contributed by atoms with Gasteiger partial charge in [-0.25, -0.2) is 8.42 Å². The van der Waals surface area contributed by atoms with Gasteiger partial charge in [0.05, 0.1) is 0 Å². The van der Waals surface area contributed by atoms with Crippen LogP contribution >= 0.6 is 0 Å². The molecule has 0 aromatic carbocycles. The van der Waals surface area contributed by atoms with Gasteiger partial charge in [0.2, 0.25) is 10.4 Å². The summed E-state index contributed by atoms with van der Waals surface area (Å²) in [6, 6.07) is 0. The van der Waals surface area contributed by atoms with Crippen molar-refractivity contribution in [3.8, 4) is 0 Å². The van der Waals surface area contributed by atoms with E-state index < -0.39 is 20.8 Å². The fourth-order valence-electron chi connectivity index (χ4n) is 0. The summed E-state index contributed by atoms with van der Waals surface area (Å²) in [6.07, 6.45) is 0. The maximum Gasteiger partial charge on any atom is 2.00 e. The van der Waals surface area contributed by atoms with E-state index in [0.29, 0.717) is 0 Å². The zero-order valence-corrected chi connectivity index (χ0v) is 11.5. The Kier molecular flexibility index (Phi) is 15.7. The van der Waals surface area contributed by atoms with Gasteiger partial charge in [-0.3, -0.25) is 13.0 Å². The normalized spacial score (nSPS) is 9.67. The number of hydrogen-bond donors (Lipinski definition) is 2. The van der Waals surface area contributed by atoms with E-state index in [0.717, 1.165) is 0 Å². The van der Waals surface area contributed by atoms with Gasteiger partial charge in [0.15, 0.2) is 0 Å². The smallest absolute Gasteiger partial charge is 0.759 e. The van der Waals surface area contributed by atoms with Crippen LogP contribution in [0.3, 0.4) is 0 Å². The second kappa shape index (κ2) is 8.23. The van der Waals surface area contributed by atoms with Crippen LogP contribution in [-0.4, -0.2) is 35.0 Å². The molecule has 0 radical (unpaired) electrons. The van der Waals surface area contributed by atoms with Crippen LogP contribution < -0.4 is 6.15 Å². The molecule has 12 heavy (non-hydrogen) atoms. The third-order valence-corrected chi connectivity index (χ3v) is 0. The fourth-order valence-corrected chi connectivity index (χ4v) is 0. The molecule has 72 valence electrons. The van der Waals surface area contributed by atoms with Crippen molar-refractivity contribution in [1.82, 2.24) is 6.15 Å². The van der Waals surface area contributed by atoms with Gasteiger partial charge in [-0.1, -0.05) is 0 Å². The average molecular weight is 324 g/mol. The van der Waals surface area contributed by atoms with Crippen molar-refractivity contribution in [2.45, 2.75) is 0 Å². The quantitative estimate of drug-likeness (QED) is 0.291. The van der Waals surface area contributed by atoms with Crippen LogP contribution in [0, 0.1) is 0 Å². The Labute approximate surface area is 89.1 Å². The summed E-state index contributed by atoms with van der Waals surface area (Å²) in [7, 11) is -10.1. The van der Waals surface area contributed by atoms with E-state index in [-0.39, 0.29) is 33.4 Å². The molecule has 0 aliphatic heterocycles. The van der Waals surface area contributed by atoms with E-state index in [1.807, 2.05) is 0 Å². The van der Waals surface area contributed by atoms with Crippen LogP contribution in [0.2, 0.25) is 0 Å². The summed E-state index contributed by atoms with van der Waals surface area (Å²) < 4.78 is 66.9. The first kappa shape index (κ1) is 22.9. The van der Waals surface area contributed by atoms with Crippen molar-refractivity contribution in [2.75, 3.05) is 0 Å². The van der Waals surface area contributed by atoms with Gasteiger partial charge in [-0.2, -0.15) is 0 Å². The molecule has 5 N–H and O–H groups in total. The van der Waals surface area contributed by atoms with Crippen LogP contribution in [0.5, 0.6) is 0 Å².